The smallest absolute Gasteiger partial charge is 0.223 e. The normalized spacial score (nSPS) is 18.6. The van der Waals surface area contributed by atoms with Gasteiger partial charge in [-0.25, -0.2) is 0 Å². The maximum absolute atomic E-state index is 12.5. The van der Waals surface area contributed by atoms with Crippen molar-refractivity contribution in [3.63, 3.8) is 0 Å². The van der Waals surface area contributed by atoms with Gasteiger partial charge in [0.25, 0.3) is 0 Å². The molecule has 0 radical (unpaired) electrons. The van der Waals surface area contributed by atoms with Crippen molar-refractivity contribution in [1.29, 1.82) is 0 Å². The fourth-order valence-electron chi connectivity index (χ4n) is 4.06. The number of anilines is 1. The molecule has 2 aliphatic rings. The molecule has 3 nitrogen and oxygen atoms in total. The van der Waals surface area contributed by atoms with Gasteiger partial charge in [-0.2, -0.15) is 0 Å². The number of rotatable bonds is 5. The van der Waals surface area contributed by atoms with Crippen LogP contribution in [-0.4, -0.2) is 19.0 Å². The standard InChI is InChI=1S/C20H24N2OS/c23-20(16-7-1-2-8-16)21-14-18(19-10-5-13-24-19)22-12-11-15-6-3-4-9-17(15)22/h3-6,9-10,13,16,18H,1-2,7-8,11-12,14H2,(H,21,23). The third kappa shape index (κ3) is 3.07. The third-order valence-electron chi connectivity index (χ3n) is 5.37. The molecule has 1 saturated carbocycles. The fourth-order valence-corrected chi connectivity index (χ4v) is 4.90. The second-order valence-electron chi connectivity index (χ2n) is 6.83. The number of hydrogen-bond donors (Lipinski definition) is 1. The second kappa shape index (κ2) is 6.98. The number of nitrogens with one attached hydrogen (secondary N) is 1. The van der Waals surface area contributed by atoms with Crippen LogP contribution in [0.5, 0.6) is 0 Å². The Hall–Kier alpha value is -1.81. The molecule has 2 aromatic rings. The van der Waals surface area contributed by atoms with Crippen molar-refractivity contribution in [3.05, 3.63) is 52.2 Å². The van der Waals surface area contributed by atoms with E-state index in [0.29, 0.717) is 6.54 Å². The van der Waals surface area contributed by atoms with Crippen molar-refractivity contribution in [2.45, 2.75) is 38.1 Å². The van der Waals surface area contributed by atoms with Crippen LogP contribution in [0, 0.1) is 5.92 Å². The van der Waals surface area contributed by atoms with Gasteiger partial charge in [0.2, 0.25) is 5.91 Å². The highest BCUT2D eigenvalue weighted by atomic mass is 32.1. The molecule has 1 N–H and O–H groups in total. The van der Waals surface area contributed by atoms with Crippen molar-refractivity contribution >= 4 is 22.9 Å². The van der Waals surface area contributed by atoms with Crippen LogP contribution < -0.4 is 10.2 Å². The summed E-state index contributed by atoms with van der Waals surface area (Å²) in [6.45, 7) is 1.73. The molecule has 1 aliphatic carbocycles. The molecular weight excluding hydrogens is 316 g/mol. The highest BCUT2D eigenvalue weighted by Gasteiger charge is 2.29. The Morgan fingerprint density at radius 2 is 2.04 bits per heavy atom. The lowest BCUT2D eigenvalue weighted by Gasteiger charge is -2.30. The minimum atomic E-state index is 0.235. The van der Waals surface area contributed by atoms with Gasteiger partial charge in [0.1, 0.15) is 0 Å². The van der Waals surface area contributed by atoms with Crippen LogP contribution in [0.1, 0.15) is 42.2 Å². The number of para-hydroxylation sites is 1. The molecule has 126 valence electrons. The molecule has 24 heavy (non-hydrogen) atoms. The predicted octanol–water partition coefficient (Wildman–Crippen LogP) is 4.16. The molecule has 1 aliphatic heterocycles. The average Bonchev–Trinajstić information content (AvgIpc) is 3.37. The maximum atomic E-state index is 12.5. The molecule has 1 amide bonds. The van der Waals surface area contributed by atoms with E-state index in [2.05, 4.69) is 52.0 Å². The van der Waals surface area contributed by atoms with Gasteiger partial charge in [0.15, 0.2) is 0 Å². The minimum absolute atomic E-state index is 0.235. The number of thiophene rings is 1. The lowest BCUT2D eigenvalue weighted by atomic mass is 10.1. The fraction of sp³-hybridized carbons (Fsp3) is 0.450. The lowest BCUT2D eigenvalue weighted by Crippen LogP contribution is -2.39. The molecule has 2 heterocycles. The van der Waals surface area contributed by atoms with E-state index in [1.807, 2.05) is 0 Å². The van der Waals surface area contributed by atoms with Crippen LogP contribution in [0.15, 0.2) is 41.8 Å². The summed E-state index contributed by atoms with van der Waals surface area (Å²) in [6.07, 6.45) is 5.61. The zero-order valence-corrected chi connectivity index (χ0v) is 14.7. The summed E-state index contributed by atoms with van der Waals surface area (Å²) in [5, 5.41) is 5.37. The quantitative estimate of drug-likeness (QED) is 0.886. The Bertz CT molecular complexity index is 691. The van der Waals surface area contributed by atoms with Crippen LogP contribution in [0.25, 0.3) is 0 Å². The monoisotopic (exact) mass is 340 g/mol. The Kier molecular flexibility index (Phi) is 4.56. The summed E-state index contributed by atoms with van der Waals surface area (Å²) in [5.74, 6) is 0.487. The summed E-state index contributed by atoms with van der Waals surface area (Å²) in [6, 6.07) is 13.2. The van der Waals surface area contributed by atoms with Crippen LogP contribution in [0.3, 0.4) is 0 Å². The van der Waals surface area contributed by atoms with Crippen LogP contribution in [0.2, 0.25) is 0 Å². The SMILES string of the molecule is O=C(NCC(c1cccs1)N1CCc2ccccc21)C1CCCC1. The van der Waals surface area contributed by atoms with Crippen molar-refractivity contribution in [1.82, 2.24) is 5.32 Å². The first-order chi connectivity index (χ1) is 11.8. The van der Waals surface area contributed by atoms with Gasteiger partial charge in [0.05, 0.1) is 6.04 Å². The first-order valence-electron chi connectivity index (χ1n) is 8.98. The van der Waals surface area contributed by atoms with Crippen molar-refractivity contribution in [2.24, 2.45) is 5.92 Å². The van der Waals surface area contributed by atoms with Crippen LogP contribution in [0.4, 0.5) is 5.69 Å². The summed E-state index contributed by atoms with van der Waals surface area (Å²) in [5.41, 5.74) is 2.74. The molecule has 1 aromatic carbocycles. The van der Waals surface area contributed by atoms with E-state index < -0.39 is 0 Å². The molecule has 0 saturated heterocycles. The molecule has 1 unspecified atom stereocenters. The number of amides is 1. The summed E-state index contributed by atoms with van der Waals surface area (Å²) in [7, 11) is 0. The number of nitrogens with zero attached hydrogens (tertiary/aromatic N) is 1. The van der Waals surface area contributed by atoms with Gasteiger partial charge in [-0.1, -0.05) is 37.1 Å². The molecule has 1 atom stereocenters. The van der Waals surface area contributed by atoms with E-state index in [0.717, 1.165) is 25.8 Å². The average molecular weight is 340 g/mol. The van der Waals surface area contributed by atoms with E-state index in [1.165, 1.54) is 29.0 Å². The van der Waals surface area contributed by atoms with Crippen LogP contribution >= 0.6 is 11.3 Å². The Balaban J connectivity index is 1.52. The first-order valence-corrected chi connectivity index (χ1v) is 9.86. The van der Waals surface area contributed by atoms with Gasteiger partial charge >= 0.3 is 0 Å². The van der Waals surface area contributed by atoms with Gasteiger partial charge in [-0.15, -0.1) is 11.3 Å². The molecular formula is C20H24N2OS. The van der Waals surface area contributed by atoms with Crippen molar-refractivity contribution in [2.75, 3.05) is 18.0 Å². The summed E-state index contributed by atoms with van der Waals surface area (Å²) in [4.78, 5) is 16.3. The summed E-state index contributed by atoms with van der Waals surface area (Å²) >= 11 is 1.78. The van der Waals surface area contributed by atoms with Crippen LogP contribution in [-0.2, 0) is 11.2 Å². The Morgan fingerprint density at radius 1 is 1.21 bits per heavy atom. The minimum Gasteiger partial charge on any atom is -0.361 e. The molecule has 4 heteroatoms. The topological polar surface area (TPSA) is 32.3 Å². The van der Waals surface area contributed by atoms with Gasteiger partial charge in [-0.05, 0) is 42.3 Å². The Morgan fingerprint density at radius 3 is 2.83 bits per heavy atom. The highest BCUT2D eigenvalue weighted by molar-refractivity contribution is 7.10. The van der Waals surface area contributed by atoms with E-state index in [9.17, 15) is 4.79 Å². The molecule has 4 rings (SSSR count). The largest absolute Gasteiger partial charge is 0.361 e. The van der Waals surface area contributed by atoms with Crippen molar-refractivity contribution in [3.8, 4) is 0 Å². The number of hydrogen-bond acceptors (Lipinski definition) is 3. The first kappa shape index (κ1) is 15.7. The van der Waals surface area contributed by atoms with Gasteiger partial charge in [-0.3, -0.25) is 4.79 Å². The van der Waals surface area contributed by atoms with E-state index in [4.69, 9.17) is 0 Å². The highest BCUT2D eigenvalue weighted by Crippen LogP contribution is 2.36. The second-order valence-corrected chi connectivity index (χ2v) is 7.81. The zero-order chi connectivity index (χ0) is 16.4. The molecule has 0 bridgehead atoms. The predicted molar refractivity (Wildman–Crippen MR) is 99.5 cm³/mol. The number of fused-ring (bicyclic) bond motifs is 1. The zero-order valence-electron chi connectivity index (χ0n) is 13.9. The molecule has 0 spiro atoms. The third-order valence-corrected chi connectivity index (χ3v) is 6.34. The lowest BCUT2D eigenvalue weighted by molar-refractivity contribution is -0.124. The molecule has 1 fully saturated rings. The molecule has 1 aromatic heterocycles. The number of carbonyl (C=O) groups is 1. The summed E-state index contributed by atoms with van der Waals surface area (Å²) < 4.78 is 0. The number of carbonyl (C=O) groups excluding carboxylic acids is 1. The maximum Gasteiger partial charge on any atom is 0.223 e. The van der Waals surface area contributed by atoms with E-state index >= 15 is 0 Å². The number of benzene rings is 1. The van der Waals surface area contributed by atoms with Gasteiger partial charge in [0, 0.05) is 29.6 Å². The van der Waals surface area contributed by atoms with Gasteiger partial charge < -0.3 is 10.2 Å². The van der Waals surface area contributed by atoms with E-state index in [1.54, 1.807) is 11.3 Å². The Labute approximate surface area is 147 Å². The van der Waals surface area contributed by atoms with Crippen molar-refractivity contribution < 1.29 is 4.79 Å². The van der Waals surface area contributed by atoms with E-state index in [-0.39, 0.29) is 17.9 Å².